The first kappa shape index (κ1) is 8.71. The molecule has 1 fully saturated rings. The van der Waals surface area contributed by atoms with Gasteiger partial charge in [0.15, 0.2) is 0 Å². The molecule has 3 N–H and O–H groups in total. The second-order valence-electron chi connectivity index (χ2n) is 2.85. The first-order valence-electron chi connectivity index (χ1n) is 4.13. The van der Waals surface area contributed by atoms with Crippen LogP contribution in [0.2, 0.25) is 0 Å². The van der Waals surface area contributed by atoms with Gasteiger partial charge in [-0.1, -0.05) is 6.08 Å². The highest BCUT2D eigenvalue weighted by Gasteiger charge is 2.13. The van der Waals surface area contributed by atoms with Crippen molar-refractivity contribution in [2.24, 2.45) is 5.73 Å². The molecular weight excluding hydrogens is 138 g/mol. The van der Waals surface area contributed by atoms with Crippen molar-refractivity contribution in [3.8, 4) is 0 Å². The molecule has 0 amide bonds. The Morgan fingerprint density at radius 3 is 3.00 bits per heavy atom. The highest BCUT2D eigenvalue weighted by atomic mass is 15.2. The van der Waals surface area contributed by atoms with Crippen molar-refractivity contribution < 1.29 is 0 Å². The Morgan fingerprint density at radius 1 is 1.64 bits per heavy atom. The molecule has 1 aliphatic heterocycles. The number of nitrogens with one attached hydrogen (secondary N) is 1. The number of hydrogen-bond acceptors (Lipinski definition) is 2. The SMILES string of the molecule is C=CC(N)NC1CCCC[N]1. The van der Waals surface area contributed by atoms with E-state index in [1.165, 1.54) is 12.8 Å². The molecule has 3 heteroatoms. The lowest BCUT2D eigenvalue weighted by molar-refractivity contribution is 0.322. The highest BCUT2D eigenvalue weighted by molar-refractivity contribution is 4.83. The Bertz CT molecular complexity index is 119. The van der Waals surface area contributed by atoms with Crippen LogP contribution in [0.5, 0.6) is 0 Å². The topological polar surface area (TPSA) is 52.1 Å². The van der Waals surface area contributed by atoms with Gasteiger partial charge in [0.1, 0.15) is 0 Å². The number of hydrogen-bond donors (Lipinski definition) is 2. The summed E-state index contributed by atoms with van der Waals surface area (Å²) in [6.07, 6.45) is 5.44. The third kappa shape index (κ3) is 3.01. The Labute approximate surface area is 68.0 Å². The van der Waals surface area contributed by atoms with Crippen LogP contribution in [0.25, 0.3) is 0 Å². The summed E-state index contributed by atoms with van der Waals surface area (Å²) in [6.45, 7) is 4.57. The lowest BCUT2D eigenvalue weighted by Gasteiger charge is -2.24. The maximum absolute atomic E-state index is 5.61. The number of nitrogens with zero attached hydrogens (tertiary/aromatic N) is 1. The minimum atomic E-state index is -0.109. The molecule has 0 spiro atoms. The van der Waals surface area contributed by atoms with Crippen LogP contribution in [0, 0.1) is 0 Å². The molecular formula is C8H16N3. The summed E-state index contributed by atoms with van der Waals surface area (Å²) in [7, 11) is 0. The summed E-state index contributed by atoms with van der Waals surface area (Å²) in [5.41, 5.74) is 5.61. The van der Waals surface area contributed by atoms with Crippen LogP contribution in [-0.4, -0.2) is 18.9 Å². The van der Waals surface area contributed by atoms with Gasteiger partial charge in [-0.25, -0.2) is 5.32 Å². The average molecular weight is 154 g/mol. The molecule has 1 radical (unpaired) electrons. The quantitative estimate of drug-likeness (QED) is 0.449. The Balaban J connectivity index is 2.18. The molecule has 0 aromatic rings. The zero-order valence-electron chi connectivity index (χ0n) is 6.79. The van der Waals surface area contributed by atoms with Gasteiger partial charge in [0.05, 0.1) is 12.3 Å². The molecule has 0 aromatic carbocycles. The fourth-order valence-corrected chi connectivity index (χ4v) is 1.21. The third-order valence-electron chi connectivity index (χ3n) is 1.87. The van der Waals surface area contributed by atoms with Crippen molar-refractivity contribution in [1.82, 2.24) is 10.6 Å². The summed E-state index contributed by atoms with van der Waals surface area (Å²) in [5.74, 6) is 0. The molecule has 11 heavy (non-hydrogen) atoms. The van der Waals surface area contributed by atoms with Gasteiger partial charge >= 0.3 is 0 Å². The van der Waals surface area contributed by atoms with Crippen LogP contribution < -0.4 is 16.4 Å². The summed E-state index contributed by atoms with van der Waals surface area (Å²) in [4.78, 5) is 0. The van der Waals surface area contributed by atoms with E-state index in [1.807, 2.05) is 0 Å². The Hall–Kier alpha value is -0.380. The van der Waals surface area contributed by atoms with Crippen LogP contribution in [-0.2, 0) is 0 Å². The zero-order chi connectivity index (χ0) is 8.10. The number of rotatable bonds is 3. The molecule has 3 nitrogen and oxygen atoms in total. The molecule has 63 valence electrons. The van der Waals surface area contributed by atoms with Crippen LogP contribution in [0.4, 0.5) is 0 Å². The molecule has 1 aliphatic rings. The normalized spacial score (nSPS) is 27.9. The molecule has 0 aromatic heterocycles. The van der Waals surface area contributed by atoms with Crippen molar-refractivity contribution in [1.29, 1.82) is 0 Å². The monoisotopic (exact) mass is 154 g/mol. The van der Waals surface area contributed by atoms with Crippen molar-refractivity contribution >= 4 is 0 Å². The maximum atomic E-state index is 5.61. The largest absolute Gasteiger partial charge is 0.313 e. The van der Waals surface area contributed by atoms with Crippen LogP contribution in [0.15, 0.2) is 12.7 Å². The first-order valence-corrected chi connectivity index (χ1v) is 4.13. The van der Waals surface area contributed by atoms with E-state index in [0.29, 0.717) is 0 Å². The average Bonchev–Trinajstić information content (AvgIpc) is 2.06. The first-order chi connectivity index (χ1) is 5.33. The Kier molecular flexibility index (Phi) is 3.56. The van der Waals surface area contributed by atoms with E-state index >= 15 is 0 Å². The lowest BCUT2D eigenvalue weighted by Crippen LogP contribution is -2.48. The van der Waals surface area contributed by atoms with E-state index in [1.54, 1.807) is 6.08 Å². The predicted molar refractivity (Wildman–Crippen MR) is 45.9 cm³/mol. The van der Waals surface area contributed by atoms with Gasteiger partial charge in [-0.15, -0.1) is 6.58 Å². The summed E-state index contributed by atoms with van der Waals surface area (Å²) in [6, 6.07) is 0. The minimum Gasteiger partial charge on any atom is -0.313 e. The van der Waals surface area contributed by atoms with Gasteiger partial charge in [0.25, 0.3) is 0 Å². The van der Waals surface area contributed by atoms with Crippen molar-refractivity contribution in [2.45, 2.75) is 31.6 Å². The molecule has 1 saturated heterocycles. The lowest BCUT2D eigenvalue weighted by atomic mass is 10.1. The molecule has 0 bridgehead atoms. The smallest absolute Gasteiger partial charge is 0.0750 e. The van der Waals surface area contributed by atoms with Crippen molar-refractivity contribution in [3.63, 3.8) is 0 Å². The summed E-state index contributed by atoms with van der Waals surface area (Å²) in [5, 5.41) is 7.54. The molecule has 0 aliphatic carbocycles. The van der Waals surface area contributed by atoms with E-state index in [2.05, 4.69) is 17.2 Å². The standard InChI is InChI=1S/C8H16N3/c1-2-7(9)11-8-5-3-4-6-10-8/h2,7-8,11H,1,3-6,9H2. The van der Waals surface area contributed by atoms with Gasteiger partial charge in [0.2, 0.25) is 0 Å². The van der Waals surface area contributed by atoms with Gasteiger partial charge in [-0.2, -0.15) is 0 Å². The Morgan fingerprint density at radius 2 is 2.45 bits per heavy atom. The maximum Gasteiger partial charge on any atom is 0.0750 e. The zero-order valence-corrected chi connectivity index (χ0v) is 6.79. The van der Waals surface area contributed by atoms with Gasteiger partial charge < -0.3 is 5.73 Å². The van der Waals surface area contributed by atoms with E-state index in [9.17, 15) is 0 Å². The fourth-order valence-electron chi connectivity index (χ4n) is 1.21. The highest BCUT2D eigenvalue weighted by Crippen LogP contribution is 2.05. The van der Waals surface area contributed by atoms with E-state index in [0.717, 1.165) is 13.0 Å². The van der Waals surface area contributed by atoms with Crippen LogP contribution in [0.3, 0.4) is 0 Å². The van der Waals surface area contributed by atoms with Crippen molar-refractivity contribution in [3.05, 3.63) is 12.7 Å². The fraction of sp³-hybridized carbons (Fsp3) is 0.750. The molecule has 0 saturated carbocycles. The molecule has 2 atom stereocenters. The van der Waals surface area contributed by atoms with Crippen molar-refractivity contribution in [2.75, 3.05) is 6.54 Å². The predicted octanol–water partition coefficient (Wildman–Crippen LogP) is 0.161. The second-order valence-corrected chi connectivity index (χ2v) is 2.85. The van der Waals surface area contributed by atoms with Gasteiger partial charge in [-0.3, -0.25) is 5.32 Å². The van der Waals surface area contributed by atoms with Gasteiger partial charge in [-0.05, 0) is 19.3 Å². The summed E-state index contributed by atoms with van der Waals surface area (Å²) >= 11 is 0. The van der Waals surface area contributed by atoms with E-state index < -0.39 is 0 Å². The van der Waals surface area contributed by atoms with Gasteiger partial charge in [0, 0.05) is 6.54 Å². The third-order valence-corrected chi connectivity index (χ3v) is 1.87. The van der Waals surface area contributed by atoms with E-state index in [-0.39, 0.29) is 12.3 Å². The number of piperidine rings is 1. The van der Waals surface area contributed by atoms with Crippen LogP contribution in [0.1, 0.15) is 19.3 Å². The van der Waals surface area contributed by atoms with Crippen LogP contribution >= 0.6 is 0 Å². The molecule has 1 heterocycles. The molecule has 2 unspecified atom stereocenters. The second kappa shape index (κ2) is 4.49. The number of nitrogens with two attached hydrogens (primary N) is 1. The summed E-state index contributed by atoms with van der Waals surface area (Å²) < 4.78 is 0. The molecule has 1 rings (SSSR count). The van der Waals surface area contributed by atoms with E-state index in [4.69, 9.17) is 5.73 Å². The minimum absolute atomic E-state index is 0.109.